The predicted octanol–water partition coefficient (Wildman–Crippen LogP) is 2.17. The van der Waals surface area contributed by atoms with Gasteiger partial charge in [-0.2, -0.15) is 15.1 Å². The molecule has 7 heteroatoms. The minimum absolute atomic E-state index is 0.238. The van der Waals surface area contributed by atoms with Gasteiger partial charge in [0.1, 0.15) is 11.6 Å². The first-order valence-electron chi connectivity index (χ1n) is 6.52. The van der Waals surface area contributed by atoms with Gasteiger partial charge in [-0.1, -0.05) is 12.1 Å². The number of hydrogen-bond donors (Lipinski definition) is 2. The fourth-order valence-electron chi connectivity index (χ4n) is 2.16. The Hall–Kier alpha value is -2.70. The Labute approximate surface area is 121 Å². The molecule has 0 atom stereocenters. The Morgan fingerprint density at radius 2 is 2.00 bits per heavy atom. The topological polar surface area (TPSA) is 69.7 Å². The first kappa shape index (κ1) is 13.3. The number of benzene rings is 1. The Bertz CT molecular complexity index is 752. The van der Waals surface area contributed by atoms with Gasteiger partial charge < -0.3 is 10.2 Å². The van der Waals surface area contributed by atoms with Crippen molar-refractivity contribution in [1.82, 2.24) is 20.2 Å². The van der Waals surface area contributed by atoms with Gasteiger partial charge in [0.15, 0.2) is 5.65 Å². The van der Waals surface area contributed by atoms with E-state index in [4.69, 9.17) is 0 Å². The minimum atomic E-state index is -0.238. The van der Waals surface area contributed by atoms with Crippen LogP contribution in [0.5, 0.6) is 0 Å². The van der Waals surface area contributed by atoms with Crippen LogP contribution in [0.1, 0.15) is 5.56 Å². The molecule has 1 aromatic carbocycles. The molecule has 0 fully saturated rings. The third-order valence-corrected chi connectivity index (χ3v) is 3.21. The van der Waals surface area contributed by atoms with Gasteiger partial charge in [-0.3, -0.25) is 5.10 Å². The molecule has 0 radical (unpaired) electrons. The van der Waals surface area contributed by atoms with Gasteiger partial charge in [0.2, 0.25) is 5.95 Å². The van der Waals surface area contributed by atoms with E-state index in [2.05, 4.69) is 25.5 Å². The molecule has 0 aliphatic rings. The van der Waals surface area contributed by atoms with Crippen LogP contribution >= 0.6 is 0 Å². The van der Waals surface area contributed by atoms with E-state index in [-0.39, 0.29) is 5.82 Å². The molecular formula is C14H15FN6. The van der Waals surface area contributed by atoms with E-state index in [1.54, 1.807) is 25.4 Å². The summed E-state index contributed by atoms with van der Waals surface area (Å²) in [6.07, 6.45) is 1.70. The minimum Gasteiger partial charge on any atom is -0.357 e. The highest BCUT2D eigenvalue weighted by Gasteiger charge is 2.13. The van der Waals surface area contributed by atoms with Crippen molar-refractivity contribution >= 4 is 22.8 Å². The fraction of sp³-hybridized carbons (Fsp3) is 0.214. The summed E-state index contributed by atoms with van der Waals surface area (Å²) in [4.78, 5) is 10.8. The van der Waals surface area contributed by atoms with E-state index in [1.165, 1.54) is 12.1 Å². The van der Waals surface area contributed by atoms with Gasteiger partial charge in [0.05, 0.1) is 11.6 Å². The van der Waals surface area contributed by atoms with Crippen molar-refractivity contribution < 1.29 is 4.39 Å². The maximum atomic E-state index is 13.0. The van der Waals surface area contributed by atoms with Crippen molar-refractivity contribution in [3.8, 4) is 0 Å². The highest BCUT2D eigenvalue weighted by Crippen LogP contribution is 2.24. The van der Waals surface area contributed by atoms with E-state index in [1.807, 2.05) is 11.9 Å². The molecule has 2 aromatic heterocycles. The molecule has 2 heterocycles. The zero-order valence-corrected chi connectivity index (χ0v) is 11.8. The molecule has 2 N–H and O–H groups in total. The first-order chi connectivity index (χ1) is 10.2. The quantitative estimate of drug-likeness (QED) is 0.769. The maximum Gasteiger partial charge on any atom is 0.226 e. The van der Waals surface area contributed by atoms with Crippen molar-refractivity contribution in [2.24, 2.45) is 0 Å². The molecular weight excluding hydrogens is 271 g/mol. The Morgan fingerprint density at radius 1 is 1.24 bits per heavy atom. The number of H-pyrrole nitrogens is 1. The summed E-state index contributed by atoms with van der Waals surface area (Å²) in [5, 5.41) is 10.6. The summed E-state index contributed by atoms with van der Waals surface area (Å²) in [6, 6.07) is 6.43. The predicted molar refractivity (Wildman–Crippen MR) is 79.7 cm³/mol. The smallest absolute Gasteiger partial charge is 0.226 e. The van der Waals surface area contributed by atoms with Crippen LogP contribution in [0.4, 0.5) is 16.2 Å². The van der Waals surface area contributed by atoms with Crippen molar-refractivity contribution in [1.29, 1.82) is 0 Å². The number of hydrogen-bond acceptors (Lipinski definition) is 5. The highest BCUT2D eigenvalue weighted by molar-refractivity contribution is 5.87. The zero-order chi connectivity index (χ0) is 14.8. The molecule has 3 rings (SSSR count). The standard InChI is InChI=1S/C14H15FN6/c1-16-14-18-12-11(7-17-20-12)13(19-14)21(2)8-9-3-5-10(15)6-4-9/h3-7H,8H2,1-2H3,(H2,16,17,18,19,20). The monoisotopic (exact) mass is 286 g/mol. The van der Waals surface area contributed by atoms with Crippen LogP contribution in [0.2, 0.25) is 0 Å². The average molecular weight is 286 g/mol. The summed E-state index contributed by atoms with van der Waals surface area (Å²) in [6.45, 7) is 0.612. The molecule has 0 saturated carbocycles. The van der Waals surface area contributed by atoms with E-state index < -0.39 is 0 Å². The SMILES string of the molecule is CNc1nc(N(C)Cc2ccc(F)cc2)c2cn[nH]c2n1. The number of aromatic amines is 1. The van der Waals surface area contributed by atoms with E-state index in [0.29, 0.717) is 18.1 Å². The number of nitrogens with zero attached hydrogens (tertiary/aromatic N) is 4. The number of fused-ring (bicyclic) bond motifs is 1. The van der Waals surface area contributed by atoms with Crippen LogP contribution in [-0.4, -0.2) is 34.3 Å². The number of aromatic nitrogens is 4. The summed E-state index contributed by atoms with van der Waals surface area (Å²) in [5.74, 6) is 1.05. The molecule has 0 aliphatic heterocycles. The normalized spacial score (nSPS) is 10.8. The Kier molecular flexibility index (Phi) is 3.39. The van der Waals surface area contributed by atoms with Crippen molar-refractivity contribution in [3.05, 3.63) is 41.8 Å². The summed E-state index contributed by atoms with van der Waals surface area (Å²) in [5.41, 5.74) is 1.68. The van der Waals surface area contributed by atoms with Crippen LogP contribution in [0.15, 0.2) is 30.5 Å². The summed E-state index contributed by atoms with van der Waals surface area (Å²) < 4.78 is 13.0. The van der Waals surface area contributed by atoms with E-state index in [9.17, 15) is 4.39 Å². The average Bonchev–Trinajstić information content (AvgIpc) is 2.96. The molecule has 0 saturated heterocycles. The first-order valence-corrected chi connectivity index (χ1v) is 6.52. The Morgan fingerprint density at radius 3 is 2.71 bits per heavy atom. The van der Waals surface area contributed by atoms with Crippen LogP contribution in [0.3, 0.4) is 0 Å². The lowest BCUT2D eigenvalue weighted by molar-refractivity contribution is 0.627. The Balaban J connectivity index is 1.94. The van der Waals surface area contributed by atoms with Gasteiger partial charge in [0, 0.05) is 20.6 Å². The number of nitrogens with one attached hydrogen (secondary N) is 2. The maximum absolute atomic E-state index is 13.0. The number of rotatable bonds is 4. The molecule has 3 aromatic rings. The lowest BCUT2D eigenvalue weighted by Gasteiger charge is -2.19. The second-order valence-electron chi connectivity index (χ2n) is 4.74. The molecule has 0 spiro atoms. The number of anilines is 2. The van der Waals surface area contributed by atoms with E-state index in [0.717, 1.165) is 16.8 Å². The molecule has 0 bridgehead atoms. The van der Waals surface area contributed by atoms with Crippen LogP contribution in [-0.2, 0) is 6.54 Å². The van der Waals surface area contributed by atoms with Crippen LogP contribution < -0.4 is 10.2 Å². The lowest BCUT2D eigenvalue weighted by Crippen LogP contribution is -2.18. The third-order valence-electron chi connectivity index (χ3n) is 3.21. The van der Waals surface area contributed by atoms with Crippen LogP contribution in [0, 0.1) is 5.82 Å². The molecule has 6 nitrogen and oxygen atoms in total. The molecule has 0 amide bonds. The van der Waals surface area contributed by atoms with Gasteiger partial charge >= 0.3 is 0 Å². The van der Waals surface area contributed by atoms with Crippen molar-refractivity contribution in [3.63, 3.8) is 0 Å². The van der Waals surface area contributed by atoms with E-state index >= 15 is 0 Å². The summed E-state index contributed by atoms with van der Waals surface area (Å²) >= 11 is 0. The van der Waals surface area contributed by atoms with Gasteiger partial charge in [-0.25, -0.2) is 4.39 Å². The molecule has 0 unspecified atom stereocenters. The van der Waals surface area contributed by atoms with Gasteiger partial charge in [0.25, 0.3) is 0 Å². The van der Waals surface area contributed by atoms with Crippen molar-refractivity contribution in [2.45, 2.75) is 6.54 Å². The molecule has 108 valence electrons. The zero-order valence-electron chi connectivity index (χ0n) is 11.8. The van der Waals surface area contributed by atoms with Gasteiger partial charge in [-0.15, -0.1) is 0 Å². The second kappa shape index (κ2) is 5.35. The van der Waals surface area contributed by atoms with Crippen LogP contribution in [0.25, 0.3) is 11.0 Å². The largest absolute Gasteiger partial charge is 0.357 e. The lowest BCUT2D eigenvalue weighted by atomic mass is 10.2. The number of halogens is 1. The summed E-state index contributed by atoms with van der Waals surface area (Å²) in [7, 11) is 3.69. The highest BCUT2D eigenvalue weighted by atomic mass is 19.1. The third kappa shape index (κ3) is 2.62. The second-order valence-corrected chi connectivity index (χ2v) is 4.74. The molecule has 0 aliphatic carbocycles. The van der Waals surface area contributed by atoms with Crippen molar-refractivity contribution in [2.75, 3.05) is 24.3 Å². The fourth-order valence-corrected chi connectivity index (χ4v) is 2.16. The van der Waals surface area contributed by atoms with Gasteiger partial charge in [-0.05, 0) is 17.7 Å². The molecule has 21 heavy (non-hydrogen) atoms.